The van der Waals surface area contributed by atoms with Gasteiger partial charge in [0.25, 0.3) is 0 Å². The summed E-state index contributed by atoms with van der Waals surface area (Å²) in [7, 11) is 0. The highest BCUT2D eigenvalue weighted by molar-refractivity contribution is 6.20. The Morgan fingerprint density at radius 2 is 1.90 bits per heavy atom. The molecule has 3 rings (SSSR count). The minimum absolute atomic E-state index is 0.189. The molecule has 1 atom stereocenters. The molecule has 1 aliphatic rings. The summed E-state index contributed by atoms with van der Waals surface area (Å²) in [6.07, 6.45) is 0. The van der Waals surface area contributed by atoms with Crippen LogP contribution in [0.5, 0.6) is 0 Å². The zero-order valence-corrected chi connectivity index (χ0v) is 14.0. The van der Waals surface area contributed by atoms with E-state index in [1.165, 1.54) is 12.1 Å². The monoisotopic (exact) mass is 308 g/mol. The molecule has 0 amide bonds. The van der Waals surface area contributed by atoms with Crippen molar-refractivity contribution in [1.82, 2.24) is 9.55 Å². The average Bonchev–Trinajstić information content (AvgIpc) is 2.70. The van der Waals surface area contributed by atoms with Crippen LogP contribution in [0.2, 0.25) is 0 Å². The third-order valence-electron chi connectivity index (χ3n) is 5.78. The van der Waals surface area contributed by atoms with E-state index in [9.17, 15) is 4.39 Å². The predicted molar refractivity (Wildman–Crippen MR) is 85.0 cm³/mol. The van der Waals surface area contributed by atoms with Gasteiger partial charge in [0.05, 0.1) is 16.4 Å². The van der Waals surface area contributed by atoms with Gasteiger partial charge < -0.3 is 4.57 Å². The smallest absolute Gasteiger partial charge is 0.127 e. The number of hydrogen-bond donors (Lipinski definition) is 0. The molecule has 1 heterocycles. The molecule has 0 radical (unpaired) electrons. The largest absolute Gasteiger partial charge is 0.326 e. The van der Waals surface area contributed by atoms with Crippen LogP contribution >= 0.6 is 11.6 Å². The van der Waals surface area contributed by atoms with Gasteiger partial charge in [-0.05, 0) is 35.8 Å². The van der Waals surface area contributed by atoms with Crippen LogP contribution in [-0.4, -0.2) is 9.55 Å². The highest BCUT2D eigenvalue weighted by atomic mass is 35.5. The molecular formula is C17H22ClFN2. The van der Waals surface area contributed by atoms with E-state index >= 15 is 0 Å². The Kier molecular flexibility index (Phi) is 3.14. The number of rotatable bonds is 3. The van der Waals surface area contributed by atoms with Gasteiger partial charge in [-0.3, -0.25) is 0 Å². The lowest BCUT2D eigenvalue weighted by atomic mass is 10.0. The van der Waals surface area contributed by atoms with Gasteiger partial charge in [0.1, 0.15) is 11.6 Å². The third kappa shape index (κ3) is 2.09. The molecule has 1 aromatic heterocycles. The van der Waals surface area contributed by atoms with Crippen molar-refractivity contribution in [3.05, 3.63) is 29.8 Å². The molecule has 4 heteroatoms. The highest BCUT2D eigenvalue weighted by Gasteiger charge is 2.64. The molecule has 21 heavy (non-hydrogen) atoms. The first kappa shape index (κ1) is 14.8. The predicted octanol–water partition coefficient (Wildman–Crippen LogP) is 5.16. The minimum Gasteiger partial charge on any atom is -0.326 e. The normalized spacial score (nSPS) is 21.7. The maximum Gasteiger partial charge on any atom is 0.127 e. The first-order valence-electron chi connectivity index (χ1n) is 7.46. The van der Waals surface area contributed by atoms with Crippen LogP contribution in [0.1, 0.15) is 45.8 Å². The van der Waals surface area contributed by atoms with Gasteiger partial charge in [0.2, 0.25) is 0 Å². The molecule has 2 aromatic rings. The Balaban J connectivity index is 2.07. The second-order valence-corrected chi connectivity index (χ2v) is 7.98. The fourth-order valence-electron chi connectivity index (χ4n) is 3.59. The lowest BCUT2D eigenvalue weighted by molar-refractivity contribution is 0.457. The molecule has 1 aromatic carbocycles. The third-order valence-corrected chi connectivity index (χ3v) is 5.98. The van der Waals surface area contributed by atoms with Crippen molar-refractivity contribution in [2.45, 2.75) is 46.5 Å². The molecule has 1 saturated carbocycles. The topological polar surface area (TPSA) is 17.8 Å². The number of nitrogens with zero attached hydrogens (tertiary/aromatic N) is 2. The molecule has 0 saturated heterocycles. The summed E-state index contributed by atoms with van der Waals surface area (Å²) < 4.78 is 15.6. The Bertz CT molecular complexity index is 686. The van der Waals surface area contributed by atoms with Crippen LogP contribution < -0.4 is 0 Å². The highest BCUT2D eigenvalue weighted by Crippen LogP contribution is 2.69. The SMILES string of the molecule is CC(Cl)c1nc2cc(F)ccc2n1CC1C(C)(C)C1(C)C. The lowest BCUT2D eigenvalue weighted by Gasteiger charge is -2.12. The molecule has 0 aliphatic heterocycles. The van der Waals surface area contributed by atoms with E-state index in [0.717, 1.165) is 17.9 Å². The first-order chi connectivity index (χ1) is 9.66. The molecule has 1 fully saturated rings. The minimum atomic E-state index is -0.256. The van der Waals surface area contributed by atoms with Crippen molar-refractivity contribution >= 4 is 22.6 Å². The van der Waals surface area contributed by atoms with Gasteiger partial charge in [-0.2, -0.15) is 0 Å². The summed E-state index contributed by atoms with van der Waals surface area (Å²) in [6, 6.07) is 4.78. The van der Waals surface area contributed by atoms with E-state index in [-0.39, 0.29) is 11.2 Å². The maximum absolute atomic E-state index is 13.4. The van der Waals surface area contributed by atoms with Gasteiger partial charge in [-0.15, -0.1) is 11.6 Å². The van der Waals surface area contributed by atoms with E-state index in [0.29, 0.717) is 22.3 Å². The van der Waals surface area contributed by atoms with Crippen LogP contribution in [-0.2, 0) is 6.54 Å². The zero-order chi connectivity index (χ0) is 15.6. The van der Waals surface area contributed by atoms with E-state index in [1.54, 1.807) is 0 Å². The van der Waals surface area contributed by atoms with Gasteiger partial charge in [0, 0.05) is 12.6 Å². The zero-order valence-electron chi connectivity index (χ0n) is 13.2. The summed E-state index contributed by atoms with van der Waals surface area (Å²) in [4.78, 5) is 4.54. The summed E-state index contributed by atoms with van der Waals surface area (Å²) >= 11 is 6.29. The molecule has 1 unspecified atom stereocenters. The number of hydrogen-bond acceptors (Lipinski definition) is 1. The van der Waals surface area contributed by atoms with Crippen molar-refractivity contribution in [1.29, 1.82) is 0 Å². The number of benzene rings is 1. The van der Waals surface area contributed by atoms with Crippen molar-refractivity contribution in [2.24, 2.45) is 16.7 Å². The summed E-state index contributed by atoms with van der Waals surface area (Å²) in [5.41, 5.74) is 2.26. The Labute approximate surface area is 130 Å². The molecule has 0 spiro atoms. The molecule has 0 bridgehead atoms. The lowest BCUT2D eigenvalue weighted by Crippen LogP contribution is -2.09. The van der Waals surface area contributed by atoms with Crippen molar-refractivity contribution in [2.75, 3.05) is 0 Å². The number of halogens is 2. The average molecular weight is 309 g/mol. The quantitative estimate of drug-likeness (QED) is 0.716. The molecule has 1 aliphatic carbocycles. The second-order valence-electron chi connectivity index (χ2n) is 7.33. The van der Waals surface area contributed by atoms with Crippen molar-refractivity contribution in [3.63, 3.8) is 0 Å². The van der Waals surface area contributed by atoms with Gasteiger partial charge in [0.15, 0.2) is 0 Å². The van der Waals surface area contributed by atoms with Gasteiger partial charge in [-0.25, -0.2) is 9.37 Å². The van der Waals surface area contributed by atoms with E-state index in [2.05, 4.69) is 37.2 Å². The number of imidazole rings is 1. The van der Waals surface area contributed by atoms with E-state index in [1.807, 2.05) is 13.0 Å². The van der Waals surface area contributed by atoms with Gasteiger partial charge >= 0.3 is 0 Å². The second kappa shape index (κ2) is 4.45. The fourth-order valence-corrected chi connectivity index (χ4v) is 3.76. The summed E-state index contributed by atoms with van der Waals surface area (Å²) in [5, 5.41) is -0.189. The standard InChI is InChI=1S/C17H22ClFN2/c1-10(18)15-20-12-8-11(19)6-7-13(12)21(15)9-14-16(2,3)17(14,4)5/h6-8,10,14H,9H2,1-5H3. The Hall–Kier alpha value is -1.09. The number of fused-ring (bicyclic) bond motifs is 1. The Morgan fingerprint density at radius 1 is 1.29 bits per heavy atom. The maximum atomic E-state index is 13.4. The van der Waals surface area contributed by atoms with Crippen molar-refractivity contribution < 1.29 is 4.39 Å². The molecular weight excluding hydrogens is 287 g/mol. The number of aromatic nitrogens is 2. The molecule has 114 valence electrons. The Morgan fingerprint density at radius 3 is 2.43 bits per heavy atom. The van der Waals surface area contributed by atoms with E-state index < -0.39 is 0 Å². The van der Waals surface area contributed by atoms with E-state index in [4.69, 9.17) is 11.6 Å². The van der Waals surface area contributed by atoms with Gasteiger partial charge in [-0.1, -0.05) is 27.7 Å². The fraction of sp³-hybridized carbons (Fsp3) is 0.588. The summed E-state index contributed by atoms with van der Waals surface area (Å²) in [6.45, 7) is 12.0. The summed E-state index contributed by atoms with van der Waals surface area (Å²) in [5.74, 6) is 1.14. The first-order valence-corrected chi connectivity index (χ1v) is 7.89. The van der Waals surface area contributed by atoms with Crippen LogP contribution in [0, 0.1) is 22.6 Å². The van der Waals surface area contributed by atoms with Crippen LogP contribution in [0.4, 0.5) is 4.39 Å². The van der Waals surface area contributed by atoms with Crippen LogP contribution in [0.25, 0.3) is 11.0 Å². The van der Waals surface area contributed by atoms with Crippen LogP contribution in [0.3, 0.4) is 0 Å². The van der Waals surface area contributed by atoms with Crippen molar-refractivity contribution in [3.8, 4) is 0 Å². The van der Waals surface area contributed by atoms with Crippen LogP contribution in [0.15, 0.2) is 18.2 Å². The molecule has 0 N–H and O–H groups in total. The number of alkyl halides is 1. The molecule has 2 nitrogen and oxygen atoms in total.